The molecule has 2 aromatic rings. The average Bonchev–Trinajstić information content (AvgIpc) is 2.86. The van der Waals surface area contributed by atoms with Crippen LogP contribution in [0.1, 0.15) is 24.8 Å². The van der Waals surface area contributed by atoms with Crippen LogP contribution in [0.25, 0.3) is 0 Å². The molecular formula is C22H28N2O8S2. The number of hydroxylamine groups is 1. The maximum absolute atomic E-state index is 13.2. The second-order valence-electron chi connectivity index (χ2n) is 7.85. The molecule has 0 saturated carbocycles. The molecule has 10 nitrogen and oxygen atoms in total. The van der Waals surface area contributed by atoms with Gasteiger partial charge in [0.1, 0.15) is 5.75 Å². The summed E-state index contributed by atoms with van der Waals surface area (Å²) in [6, 6.07) is 14.7. The van der Waals surface area contributed by atoms with Crippen LogP contribution < -0.4 is 14.9 Å². The van der Waals surface area contributed by atoms with Crippen molar-refractivity contribution in [2.75, 3.05) is 25.6 Å². The van der Waals surface area contributed by atoms with E-state index < -0.39 is 30.5 Å². The highest BCUT2D eigenvalue weighted by atomic mass is 32.2. The standard InChI is InChI=1S/C22H28N2O8S2/c25-21(24-26)22(11-14-31-15-12-22)34(29,30)20-9-7-19(8-10-20)32-13-4-16-33(27,28)23-17-18-5-2-1-3-6-18/h1-3,5-10,23,26H,4,11-17H2,(H,24,25). The molecule has 1 fully saturated rings. The molecule has 3 rings (SSSR count). The van der Waals surface area contributed by atoms with E-state index in [-0.39, 0.29) is 56.3 Å². The van der Waals surface area contributed by atoms with E-state index >= 15 is 0 Å². The summed E-state index contributed by atoms with van der Waals surface area (Å²) in [6.07, 6.45) is 0.0868. The molecular weight excluding hydrogens is 484 g/mol. The van der Waals surface area contributed by atoms with Crippen LogP contribution in [-0.2, 0) is 35.9 Å². The second-order valence-corrected chi connectivity index (χ2v) is 12.0. The van der Waals surface area contributed by atoms with Gasteiger partial charge in [0, 0.05) is 19.8 Å². The van der Waals surface area contributed by atoms with E-state index in [1.165, 1.54) is 29.7 Å². The number of carbonyl (C=O) groups is 1. The van der Waals surface area contributed by atoms with Crippen molar-refractivity contribution < 1.29 is 36.3 Å². The first-order valence-electron chi connectivity index (χ1n) is 10.7. The number of hydrogen-bond donors (Lipinski definition) is 3. The van der Waals surface area contributed by atoms with Crippen LogP contribution in [0, 0.1) is 0 Å². The predicted octanol–water partition coefficient (Wildman–Crippen LogP) is 1.40. The molecule has 0 radical (unpaired) electrons. The Hall–Kier alpha value is -2.51. The largest absolute Gasteiger partial charge is 0.494 e. The van der Waals surface area contributed by atoms with Crippen LogP contribution in [0.4, 0.5) is 0 Å². The monoisotopic (exact) mass is 512 g/mol. The third kappa shape index (κ3) is 6.13. The van der Waals surface area contributed by atoms with Gasteiger partial charge in [-0.2, -0.15) is 0 Å². The number of carbonyl (C=O) groups excluding carboxylic acids is 1. The molecule has 0 atom stereocenters. The van der Waals surface area contributed by atoms with Gasteiger partial charge < -0.3 is 9.47 Å². The van der Waals surface area contributed by atoms with Gasteiger partial charge in [-0.3, -0.25) is 10.0 Å². The summed E-state index contributed by atoms with van der Waals surface area (Å²) in [6.45, 7) is 0.488. The fourth-order valence-corrected chi connectivity index (χ4v) is 6.63. The molecule has 0 bridgehead atoms. The predicted molar refractivity (Wildman–Crippen MR) is 124 cm³/mol. The van der Waals surface area contributed by atoms with Crippen LogP contribution in [-0.4, -0.2) is 58.3 Å². The molecule has 1 aliphatic rings. The van der Waals surface area contributed by atoms with Gasteiger partial charge in [0.05, 0.1) is 17.3 Å². The van der Waals surface area contributed by atoms with Crippen LogP contribution in [0.3, 0.4) is 0 Å². The van der Waals surface area contributed by atoms with Crippen molar-refractivity contribution in [2.24, 2.45) is 0 Å². The molecule has 1 saturated heterocycles. The molecule has 34 heavy (non-hydrogen) atoms. The van der Waals surface area contributed by atoms with Crippen molar-refractivity contribution >= 4 is 25.8 Å². The molecule has 1 aliphatic heterocycles. The molecule has 1 heterocycles. The van der Waals surface area contributed by atoms with Gasteiger partial charge in [-0.25, -0.2) is 27.0 Å². The summed E-state index contributed by atoms with van der Waals surface area (Å²) < 4.78 is 62.2. The van der Waals surface area contributed by atoms with E-state index in [0.29, 0.717) is 5.75 Å². The van der Waals surface area contributed by atoms with Crippen molar-refractivity contribution in [3.05, 3.63) is 60.2 Å². The summed E-state index contributed by atoms with van der Waals surface area (Å²) in [4.78, 5) is 12.2. The highest BCUT2D eigenvalue weighted by Crippen LogP contribution is 2.35. The van der Waals surface area contributed by atoms with Gasteiger partial charge in [0.15, 0.2) is 14.6 Å². The van der Waals surface area contributed by atoms with Gasteiger partial charge in [-0.15, -0.1) is 0 Å². The van der Waals surface area contributed by atoms with Crippen LogP contribution >= 0.6 is 0 Å². The van der Waals surface area contributed by atoms with Gasteiger partial charge >= 0.3 is 0 Å². The van der Waals surface area contributed by atoms with Crippen LogP contribution in [0.5, 0.6) is 5.75 Å². The molecule has 0 spiro atoms. The molecule has 2 aromatic carbocycles. The van der Waals surface area contributed by atoms with E-state index in [0.717, 1.165) is 5.56 Å². The molecule has 186 valence electrons. The smallest absolute Gasteiger partial charge is 0.265 e. The van der Waals surface area contributed by atoms with Crippen molar-refractivity contribution in [1.29, 1.82) is 0 Å². The summed E-state index contributed by atoms with van der Waals surface area (Å²) in [5, 5.41) is 9.10. The number of ether oxygens (including phenoxy) is 2. The summed E-state index contributed by atoms with van der Waals surface area (Å²) in [5.41, 5.74) is 2.33. The van der Waals surface area contributed by atoms with E-state index in [2.05, 4.69) is 4.72 Å². The lowest BCUT2D eigenvalue weighted by Crippen LogP contribution is -2.54. The highest BCUT2D eigenvalue weighted by Gasteiger charge is 2.52. The Labute approximate surface area is 199 Å². The minimum atomic E-state index is -4.12. The third-order valence-electron chi connectivity index (χ3n) is 5.63. The molecule has 0 aliphatic carbocycles. The van der Waals surface area contributed by atoms with Gasteiger partial charge in [0.25, 0.3) is 5.91 Å². The Balaban J connectivity index is 1.55. The fraction of sp³-hybridized carbons (Fsp3) is 0.409. The Morgan fingerprint density at radius 2 is 1.65 bits per heavy atom. The minimum Gasteiger partial charge on any atom is -0.494 e. The third-order valence-corrected chi connectivity index (χ3v) is 9.55. The summed E-state index contributed by atoms with van der Waals surface area (Å²) in [5.74, 6) is -0.743. The van der Waals surface area contributed by atoms with Crippen molar-refractivity contribution in [3.63, 3.8) is 0 Å². The van der Waals surface area contributed by atoms with Gasteiger partial charge in [-0.1, -0.05) is 30.3 Å². The lowest BCUT2D eigenvalue weighted by atomic mass is 9.98. The number of amides is 1. The van der Waals surface area contributed by atoms with Gasteiger partial charge in [-0.05, 0) is 49.1 Å². The zero-order valence-electron chi connectivity index (χ0n) is 18.5. The Kier molecular flexibility index (Phi) is 8.66. The maximum Gasteiger partial charge on any atom is 0.265 e. The van der Waals surface area contributed by atoms with E-state index in [4.69, 9.17) is 14.7 Å². The van der Waals surface area contributed by atoms with E-state index in [1.54, 1.807) is 0 Å². The molecule has 1 amide bonds. The fourth-order valence-electron chi connectivity index (χ4n) is 3.66. The lowest BCUT2D eigenvalue weighted by molar-refractivity contribution is -0.134. The molecule has 3 N–H and O–H groups in total. The van der Waals surface area contributed by atoms with Gasteiger partial charge in [0.2, 0.25) is 10.0 Å². The first kappa shape index (κ1) is 26.1. The van der Waals surface area contributed by atoms with E-state index in [1.807, 2.05) is 30.3 Å². The first-order valence-corrected chi connectivity index (χ1v) is 13.8. The summed E-state index contributed by atoms with van der Waals surface area (Å²) >= 11 is 0. The van der Waals surface area contributed by atoms with Crippen molar-refractivity contribution in [3.8, 4) is 5.75 Å². The normalized spacial score (nSPS) is 16.0. The SMILES string of the molecule is O=C(NO)C1(S(=O)(=O)c2ccc(OCCCS(=O)(=O)NCc3ccccc3)cc2)CCOCC1. The van der Waals surface area contributed by atoms with Crippen molar-refractivity contribution in [1.82, 2.24) is 10.2 Å². The second kappa shape index (κ2) is 11.3. The lowest BCUT2D eigenvalue weighted by Gasteiger charge is -2.34. The molecule has 0 aromatic heterocycles. The summed E-state index contributed by atoms with van der Waals surface area (Å²) in [7, 11) is -7.59. The Morgan fingerprint density at radius 3 is 2.26 bits per heavy atom. The number of hydrogen-bond acceptors (Lipinski definition) is 8. The van der Waals surface area contributed by atoms with Crippen molar-refractivity contribution in [2.45, 2.75) is 35.4 Å². The Bertz CT molecular complexity index is 1160. The topological polar surface area (TPSA) is 148 Å². The highest BCUT2D eigenvalue weighted by molar-refractivity contribution is 7.93. The number of sulfonamides is 1. The number of benzene rings is 2. The quantitative estimate of drug-likeness (QED) is 0.232. The van der Waals surface area contributed by atoms with Crippen LogP contribution in [0.2, 0.25) is 0 Å². The van der Waals surface area contributed by atoms with Crippen LogP contribution in [0.15, 0.2) is 59.5 Å². The number of sulfone groups is 1. The minimum absolute atomic E-state index is 0.0766. The molecule has 12 heteroatoms. The average molecular weight is 513 g/mol. The Morgan fingerprint density at radius 1 is 1.00 bits per heavy atom. The zero-order valence-corrected chi connectivity index (χ0v) is 20.1. The maximum atomic E-state index is 13.2. The number of rotatable bonds is 11. The zero-order chi connectivity index (χ0) is 24.7. The molecule has 0 unspecified atom stereocenters. The first-order chi connectivity index (χ1) is 16.2. The van der Waals surface area contributed by atoms with E-state index in [9.17, 15) is 21.6 Å². The number of nitrogens with one attached hydrogen (secondary N) is 2.